The van der Waals surface area contributed by atoms with Crippen molar-refractivity contribution in [2.75, 3.05) is 52.9 Å². The molecule has 0 unspecified atom stereocenters. The molecule has 8 nitrogen and oxygen atoms in total. The van der Waals surface area contributed by atoms with E-state index in [4.69, 9.17) is 23.7 Å². The number of esters is 1. The monoisotopic (exact) mass is 508 g/mol. The predicted molar refractivity (Wildman–Crippen MR) is 126 cm³/mol. The molecule has 1 aromatic carbocycles. The number of hydrogen-bond donors (Lipinski definition) is 1. The molecule has 0 spiro atoms. The molecule has 198 valence electrons. The summed E-state index contributed by atoms with van der Waals surface area (Å²) in [5.74, 6) is -1.96. The van der Waals surface area contributed by atoms with Crippen molar-refractivity contribution in [2.45, 2.75) is 50.0 Å². The van der Waals surface area contributed by atoms with E-state index in [1.807, 2.05) is 0 Å². The lowest BCUT2D eigenvalue weighted by Crippen LogP contribution is -2.75. The topological polar surface area (TPSA) is 78.5 Å². The van der Waals surface area contributed by atoms with Crippen molar-refractivity contribution < 1.29 is 37.3 Å². The van der Waals surface area contributed by atoms with Gasteiger partial charge in [-0.05, 0) is 31.1 Å². The quantitative estimate of drug-likeness (QED) is 0.355. The number of anilines is 1. The number of methoxy groups -OCH3 is 3. The van der Waals surface area contributed by atoms with Gasteiger partial charge in [0.15, 0.2) is 17.3 Å². The average molecular weight is 509 g/mol. The minimum absolute atomic E-state index is 0.0366. The molecular formula is C26H34F2N2O6. The van der Waals surface area contributed by atoms with E-state index >= 15 is 4.39 Å². The van der Waals surface area contributed by atoms with Crippen LogP contribution in [0.15, 0.2) is 17.9 Å². The number of nitrogens with zero attached hydrogens (tertiary/aromatic N) is 1. The highest BCUT2D eigenvalue weighted by Gasteiger charge is 2.71. The number of hydrogen-bond acceptors (Lipinski definition) is 8. The molecule has 0 aromatic heterocycles. The highest BCUT2D eigenvalue weighted by molar-refractivity contribution is 5.88. The summed E-state index contributed by atoms with van der Waals surface area (Å²) in [7, 11) is 4.24. The van der Waals surface area contributed by atoms with Gasteiger partial charge in [-0.3, -0.25) is 4.90 Å². The Morgan fingerprint density at radius 3 is 2.72 bits per heavy atom. The molecule has 3 saturated heterocycles. The van der Waals surface area contributed by atoms with Crippen LogP contribution < -0.4 is 10.1 Å². The van der Waals surface area contributed by atoms with E-state index in [9.17, 15) is 9.18 Å². The molecule has 0 bridgehead atoms. The van der Waals surface area contributed by atoms with Crippen molar-refractivity contribution in [3.63, 3.8) is 0 Å². The Kier molecular flexibility index (Phi) is 6.63. The molecule has 0 amide bonds. The molecule has 0 saturated carbocycles. The van der Waals surface area contributed by atoms with Gasteiger partial charge >= 0.3 is 5.97 Å². The number of halogens is 2. The van der Waals surface area contributed by atoms with Crippen LogP contribution in [0.4, 0.5) is 14.5 Å². The third kappa shape index (κ3) is 3.44. The Morgan fingerprint density at radius 1 is 1.25 bits per heavy atom. The van der Waals surface area contributed by atoms with Crippen molar-refractivity contribution in [3.8, 4) is 5.75 Å². The van der Waals surface area contributed by atoms with Gasteiger partial charge in [0.25, 0.3) is 0 Å². The predicted octanol–water partition coefficient (Wildman–Crippen LogP) is 3.55. The number of benzene rings is 1. The first kappa shape index (κ1) is 25.2. The SMILES string of the molecule is CCC[C@@H]1CN2CC[C@@]34OCCO[C@@]3(Nc3c(F)cc(F)c(OC)c34)[C@@H]2C[C@@H]1/C(=C\OC)C(=O)OC. The van der Waals surface area contributed by atoms with Gasteiger partial charge in [0.1, 0.15) is 11.4 Å². The molecule has 0 aliphatic carbocycles. The van der Waals surface area contributed by atoms with Crippen LogP contribution in [0.25, 0.3) is 0 Å². The summed E-state index contributed by atoms with van der Waals surface area (Å²) in [5, 5.41) is 3.32. The zero-order valence-electron chi connectivity index (χ0n) is 21.2. The lowest BCUT2D eigenvalue weighted by Gasteiger charge is -2.61. The molecule has 10 heteroatoms. The minimum Gasteiger partial charge on any atom is -0.504 e. The highest BCUT2D eigenvalue weighted by Crippen LogP contribution is 2.62. The first-order valence-electron chi connectivity index (χ1n) is 12.5. The molecule has 4 heterocycles. The normalized spacial score (nSPS) is 33.5. The summed E-state index contributed by atoms with van der Waals surface area (Å²) < 4.78 is 58.9. The van der Waals surface area contributed by atoms with Gasteiger partial charge in [0, 0.05) is 19.2 Å². The Hall–Kier alpha value is -2.43. The smallest absolute Gasteiger partial charge is 0.337 e. The molecule has 0 radical (unpaired) electrons. The first-order valence-corrected chi connectivity index (χ1v) is 12.5. The molecule has 1 N–H and O–H groups in total. The Morgan fingerprint density at radius 2 is 2.03 bits per heavy atom. The van der Waals surface area contributed by atoms with Crippen LogP contribution in [0, 0.1) is 23.5 Å². The van der Waals surface area contributed by atoms with Crippen LogP contribution in [0.3, 0.4) is 0 Å². The molecule has 3 fully saturated rings. The Bertz CT molecular complexity index is 1070. The number of carbonyl (C=O) groups excluding carboxylic acids is 1. The van der Waals surface area contributed by atoms with Crippen molar-refractivity contribution in [2.24, 2.45) is 11.8 Å². The van der Waals surface area contributed by atoms with Gasteiger partial charge < -0.3 is 29.0 Å². The van der Waals surface area contributed by atoms with Crippen LogP contribution >= 0.6 is 0 Å². The van der Waals surface area contributed by atoms with Crippen molar-refractivity contribution in [1.29, 1.82) is 0 Å². The second kappa shape index (κ2) is 9.46. The maximum atomic E-state index is 15.2. The molecule has 5 atom stereocenters. The van der Waals surface area contributed by atoms with E-state index in [0.29, 0.717) is 43.7 Å². The van der Waals surface area contributed by atoms with Crippen LogP contribution in [0.5, 0.6) is 5.75 Å². The second-order valence-electron chi connectivity index (χ2n) is 9.96. The largest absolute Gasteiger partial charge is 0.504 e. The van der Waals surface area contributed by atoms with Gasteiger partial charge in [0.2, 0.25) is 0 Å². The fraction of sp³-hybridized carbons (Fsp3) is 0.654. The van der Waals surface area contributed by atoms with E-state index in [1.165, 1.54) is 27.6 Å². The fourth-order valence-corrected chi connectivity index (χ4v) is 7.05. The Labute approximate surface area is 209 Å². The zero-order valence-corrected chi connectivity index (χ0v) is 21.2. The number of nitrogens with one attached hydrogen (secondary N) is 1. The number of fused-ring (bicyclic) bond motifs is 2. The van der Waals surface area contributed by atoms with Crippen LogP contribution in [0.2, 0.25) is 0 Å². The maximum absolute atomic E-state index is 15.2. The van der Waals surface area contributed by atoms with E-state index in [2.05, 4.69) is 17.1 Å². The first-order chi connectivity index (χ1) is 17.4. The molecule has 1 aromatic rings. The Balaban J connectivity index is 1.63. The van der Waals surface area contributed by atoms with Crippen molar-refractivity contribution in [1.82, 2.24) is 4.90 Å². The summed E-state index contributed by atoms with van der Waals surface area (Å²) >= 11 is 0. The van der Waals surface area contributed by atoms with Gasteiger partial charge in [-0.2, -0.15) is 0 Å². The van der Waals surface area contributed by atoms with Crippen LogP contribution in [0.1, 0.15) is 38.2 Å². The van der Waals surface area contributed by atoms with E-state index in [0.717, 1.165) is 18.9 Å². The van der Waals surface area contributed by atoms with E-state index in [-0.39, 0.29) is 35.9 Å². The number of ether oxygens (including phenoxy) is 5. The van der Waals surface area contributed by atoms with E-state index < -0.39 is 28.9 Å². The molecule has 5 rings (SSSR count). The lowest BCUT2D eigenvalue weighted by atomic mass is 9.66. The van der Waals surface area contributed by atoms with E-state index in [1.54, 1.807) is 0 Å². The number of rotatable bonds is 6. The standard InChI is InChI=1S/C26H34F2N2O6/c1-5-6-15-13-30-8-7-25-21-22(18(27)12-19(28)23(21)33-3)29-26(25,36-10-9-35-25)20(30)11-16(15)17(14-32-2)24(31)34-4/h12,14-16,20,29H,5-11,13H2,1-4H3/b17-14+/t15-,16+,20+,25+,26+/m1/s1. The summed E-state index contributed by atoms with van der Waals surface area (Å²) in [6.07, 6.45) is 4.34. The molecule has 4 aliphatic rings. The van der Waals surface area contributed by atoms with Crippen molar-refractivity contribution >= 4 is 11.7 Å². The van der Waals surface area contributed by atoms with Gasteiger partial charge in [-0.15, -0.1) is 0 Å². The zero-order chi connectivity index (χ0) is 25.7. The third-order valence-electron chi connectivity index (χ3n) is 8.37. The van der Waals surface area contributed by atoms with Crippen molar-refractivity contribution in [3.05, 3.63) is 35.1 Å². The van der Waals surface area contributed by atoms with Gasteiger partial charge in [0.05, 0.1) is 63.7 Å². The van der Waals surface area contributed by atoms with Crippen LogP contribution in [-0.4, -0.2) is 70.3 Å². The third-order valence-corrected chi connectivity index (χ3v) is 8.37. The maximum Gasteiger partial charge on any atom is 0.337 e. The molecular weight excluding hydrogens is 474 g/mol. The summed E-state index contributed by atoms with van der Waals surface area (Å²) in [4.78, 5) is 15.1. The molecule has 36 heavy (non-hydrogen) atoms. The fourth-order valence-electron chi connectivity index (χ4n) is 7.05. The number of piperidine rings is 2. The second-order valence-corrected chi connectivity index (χ2v) is 9.96. The summed E-state index contributed by atoms with van der Waals surface area (Å²) in [5.41, 5.74) is -1.39. The lowest BCUT2D eigenvalue weighted by molar-refractivity contribution is -0.297. The minimum atomic E-state index is -1.18. The highest BCUT2D eigenvalue weighted by atomic mass is 19.1. The molecule has 4 aliphatic heterocycles. The summed E-state index contributed by atoms with van der Waals surface area (Å²) in [6.45, 7) is 4.06. The van der Waals surface area contributed by atoms with Gasteiger partial charge in [-0.25, -0.2) is 13.6 Å². The van der Waals surface area contributed by atoms with Gasteiger partial charge in [-0.1, -0.05) is 13.3 Å². The summed E-state index contributed by atoms with van der Waals surface area (Å²) in [6, 6.07) is 0.533. The van der Waals surface area contributed by atoms with Crippen LogP contribution in [-0.2, 0) is 29.3 Å². The number of carbonyl (C=O) groups is 1. The average Bonchev–Trinajstić information content (AvgIpc) is 3.20.